The van der Waals surface area contributed by atoms with Gasteiger partial charge >= 0.3 is 11.9 Å². The second-order valence-electron chi connectivity index (χ2n) is 5.64. The van der Waals surface area contributed by atoms with Gasteiger partial charge in [-0.1, -0.05) is 30.3 Å². The van der Waals surface area contributed by atoms with E-state index in [1.807, 2.05) is 4.98 Å². The number of nitrogens with one attached hydrogen (secondary N) is 1. The number of hydrogen-bond donors (Lipinski definition) is 4. The predicted molar refractivity (Wildman–Crippen MR) is 97.3 cm³/mol. The van der Waals surface area contributed by atoms with Crippen LogP contribution >= 0.6 is 0 Å². The molecular weight excluding hydrogens is 371 g/mol. The van der Waals surface area contributed by atoms with Gasteiger partial charge in [0, 0.05) is 11.1 Å². The number of para-hydroxylation sites is 1. The normalized spacial score (nSPS) is 10.5. The van der Waals surface area contributed by atoms with Crippen molar-refractivity contribution in [2.24, 2.45) is 0 Å². The van der Waals surface area contributed by atoms with E-state index < -0.39 is 51.4 Å². The number of H-pyrrole nitrogens is 1. The van der Waals surface area contributed by atoms with Crippen LogP contribution in [0, 0.1) is 5.82 Å². The molecule has 0 unspecified atom stereocenters. The number of ether oxygens (including phenoxy) is 1. The van der Waals surface area contributed by atoms with E-state index in [9.17, 15) is 24.6 Å². The molecular formula is C19H13FN2O6. The van der Waals surface area contributed by atoms with Crippen molar-refractivity contribution < 1.29 is 28.9 Å². The summed E-state index contributed by atoms with van der Waals surface area (Å²) in [7, 11) is 0. The second kappa shape index (κ2) is 7.23. The van der Waals surface area contributed by atoms with Crippen LogP contribution in [0.2, 0.25) is 0 Å². The lowest BCUT2D eigenvalue weighted by Crippen LogP contribution is -2.24. The van der Waals surface area contributed by atoms with Crippen LogP contribution < -0.4 is 16.0 Å². The van der Waals surface area contributed by atoms with Gasteiger partial charge in [0.05, 0.1) is 0 Å². The zero-order valence-electron chi connectivity index (χ0n) is 14.1. The minimum atomic E-state index is -1.73. The number of nitrogens with two attached hydrogens (primary N) is 1. The van der Waals surface area contributed by atoms with E-state index in [0.29, 0.717) is 5.75 Å². The summed E-state index contributed by atoms with van der Waals surface area (Å²) in [6, 6.07) is 12.0. The van der Waals surface area contributed by atoms with Crippen LogP contribution in [0.15, 0.2) is 53.3 Å². The van der Waals surface area contributed by atoms with Crippen molar-refractivity contribution in [2.75, 3.05) is 5.73 Å². The Morgan fingerprint density at radius 1 is 0.964 bits per heavy atom. The highest BCUT2D eigenvalue weighted by Gasteiger charge is 2.29. The molecule has 0 fully saturated rings. The minimum Gasteiger partial charge on any atom is -0.478 e. The van der Waals surface area contributed by atoms with Gasteiger partial charge in [-0.25, -0.2) is 14.0 Å². The Bertz CT molecular complexity index is 1140. The zero-order valence-corrected chi connectivity index (χ0v) is 14.1. The molecule has 5 N–H and O–H groups in total. The van der Waals surface area contributed by atoms with Crippen LogP contribution in [0.1, 0.15) is 20.7 Å². The molecule has 0 bridgehead atoms. The first kappa shape index (κ1) is 18.6. The highest BCUT2D eigenvalue weighted by atomic mass is 19.1. The monoisotopic (exact) mass is 384 g/mol. The molecule has 142 valence electrons. The molecule has 0 atom stereocenters. The molecule has 28 heavy (non-hydrogen) atoms. The molecule has 2 aromatic carbocycles. The van der Waals surface area contributed by atoms with E-state index in [0.717, 1.165) is 6.07 Å². The summed E-state index contributed by atoms with van der Waals surface area (Å²) in [4.78, 5) is 37.3. The number of rotatable bonds is 5. The lowest BCUT2D eigenvalue weighted by atomic mass is 9.95. The summed E-state index contributed by atoms with van der Waals surface area (Å²) in [6.07, 6.45) is 0. The molecule has 1 heterocycles. The second-order valence-corrected chi connectivity index (χ2v) is 5.64. The van der Waals surface area contributed by atoms with Crippen LogP contribution in [0.3, 0.4) is 0 Å². The standard InChI is InChI=1S/C19H13FN2O6/c20-15-10(7-4-8-11(15)28-9-5-2-1-3-6-9)12-13(18(24)25)16(21)22-17(23)14(12)19(26)27/h1-8H,(H,24,25)(H,26,27)(H3,21,22,23). The summed E-state index contributed by atoms with van der Waals surface area (Å²) >= 11 is 0. The molecule has 8 nitrogen and oxygen atoms in total. The largest absolute Gasteiger partial charge is 0.478 e. The smallest absolute Gasteiger partial charge is 0.342 e. The molecule has 0 radical (unpaired) electrons. The van der Waals surface area contributed by atoms with Crippen LogP contribution in [0.25, 0.3) is 11.1 Å². The van der Waals surface area contributed by atoms with Crippen LogP contribution in [0.5, 0.6) is 11.5 Å². The molecule has 0 spiro atoms. The molecule has 3 aromatic rings. The lowest BCUT2D eigenvalue weighted by Gasteiger charge is -2.14. The van der Waals surface area contributed by atoms with Crippen molar-refractivity contribution in [3.05, 3.63) is 75.8 Å². The third-order valence-corrected chi connectivity index (χ3v) is 3.88. The highest BCUT2D eigenvalue weighted by Crippen LogP contribution is 2.36. The van der Waals surface area contributed by atoms with Crippen molar-refractivity contribution in [3.8, 4) is 22.6 Å². The fourth-order valence-corrected chi connectivity index (χ4v) is 2.71. The summed E-state index contributed by atoms with van der Waals surface area (Å²) in [5.74, 6) is -4.96. The van der Waals surface area contributed by atoms with Crippen molar-refractivity contribution >= 4 is 17.8 Å². The number of carbonyl (C=O) groups is 2. The van der Waals surface area contributed by atoms with Crippen molar-refractivity contribution in [2.45, 2.75) is 0 Å². The van der Waals surface area contributed by atoms with E-state index in [-0.39, 0.29) is 5.75 Å². The number of carboxylic acids is 2. The summed E-state index contributed by atoms with van der Waals surface area (Å²) in [5.41, 5.74) is 1.65. The van der Waals surface area contributed by atoms with Gasteiger partial charge in [0.1, 0.15) is 22.7 Å². The lowest BCUT2D eigenvalue weighted by molar-refractivity contribution is 0.0695. The van der Waals surface area contributed by atoms with Gasteiger partial charge < -0.3 is 25.7 Å². The molecule has 0 amide bonds. The first-order chi connectivity index (χ1) is 13.3. The maximum absolute atomic E-state index is 15.1. The van der Waals surface area contributed by atoms with E-state index in [1.165, 1.54) is 12.1 Å². The SMILES string of the molecule is Nc1[nH]c(=O)c(C(=O)O)c(-c2cccc(Oc3ccccc3)c2F)c1C(=O)O. The van der Waals surface area contributed by atoms with E-state index in [1.54, 1.807) is 30.3 Å². The highest BCUT2D eigenvalue weighted by molar-refractivity contribution is 6.07. The Balaban J connectivity index is 2.30. The number of nitrogen functional groups attached to an aromatic ring is 1. The molecule has 0 aliphatic heterocycles. The molecule has 0 aliphatic carbocycles. The van der Waals surface area contributed by atoms with Gasteiger partial charge in [0.15, 0.2) is 11.6 Å². The molecule has 1 aromatic heterocycles. The number of hydrogen-bond acceptors (Lipinski definition) is 5. The Kier molecular flexibility index (Phi) is 4.82. The molecule has 0 saturated carbocycles. The number of anilines is 1. The Morgan fingerprint density at radius 3 is 2.21 bits per heavy atom. The Labute approximate surface area is 156 Å². The van der Waals surface area contributed by atoms with Crippen LogP contribution in [-0.4, -0.2) is 27.1 Å². The van der Waals surface area contributed by atoms with E-state index in [2.05, 4.69) is 0 Å². The number of aromatic nitrogens is 1. The predicted octanol–water partition coefficient (Wildman–Crippen LogP) is 2.95. The van der Waals surface area contributed by atoms with Crippen molar-refractivity contribution in [1.82, 2.24) is 4.98 Å². The number of pyridine rings is 1. The maximum atomic E-state index is 15.1. The molecule has 9 heteroatoms. The van der Waals surface area contributed by atoms with Gasteiger partial charge in [-0.3, -0.25) is 4.79 Å². The van der Waals surface area contributed by atoms with Gasteiger partial charge in [-0.15, -0.1) is 0 Å². The van der Waals surface area contributed by atoms with E-state index in [4.69, 9.17) is 10.5 Å². The molecule has 0 aliphatic rings. The average Bonchev–Trinajstić information content (AvgIpc) is 2.63. The van der Waals surface area contributed by atoms with Crippen LogP contribution in [-0.2, 0) is 0 Å². The molecule has 3 rings (SSSR count). The van der Waals surface area contributed by atoms with Gasteiger partial charge in [0.25, 0.3) is 5.56 Å². The summed E-state index contributed by atoms with van der Waals surface area (Å²) < 4.78 is 20.6. The van der Waals surface area contributed by atoms with Gasteiger partial charge in [-0.05, 0) is 18.2 Å². The maximum Gasteiger partial charge on any atom is 0.342 e. The number of halogens is 1. The first-order valence-electron chi connectivity index (χ1n) is 7.85. The first-order valence-corrected chi connectivity index (χ1v) is 7.85. The van der Waals surface area contributed by atoms with Crippen molar-refractivity contribution in [3.63, 3.8) is 0 Å². The third-order valence-electron chi connectivity index (χ3n) is 3.88. The number of carboxylic acid groups (broad SMARTS) is 2. The summed E-state index contributed by atoms with van der Waals surface area (Å²) in [5, 5.41) is 18.8. The Morgan fingerprint density at radius 2 is 1.61 bits per heavy atom. The molecule has 0 saturated heterocycles. The fraction of sp³-hybridized carbons (Fsp3) is 0. The summed E-state index contributed by atoms with van der Waals surface area (Å²) in [6.45, 7) is 0. The van der Waals surface area contributed by atoms with Gasteiger partial charge in [0.2, 0.25) is 0 Å². The zero-order chi connectivity index (χ0) is 20.4. The Hall–Kier alpha value is -4.14. The number of benzene rings is 2. The van der Waals surface area contributed by atoms with Crippen LogP contribution in [0.4, 0.5) is 10.2 Å². The van der Waals surface area contributed by atoms with E-state index >= 15 is 4.39 Å². The third kappa shape index (κ3) is 3.28. The number of aromatic amines is 1. The van der Waals surface area contributed by atoms with Gasteiger partial charge in [-0.2, -0.15) is 0 Å². The minimum absolute atomic E-state index is 0.282. The quantitative estimate of drug-likeness (QED) is 0.529. The average molecular weight is 384 g/mol. The number of aromatic carboxylic acids is 2. The topological polar surface area (TPSA) is 143 Å². The van der Waals surface area contributed by atoms with Crippen molar-refractivity contribution in [1.29, 1.82) is 0 Å². The fourth-order valence-electron chi connectivity index (χ4n) is 2.71.